The van der Waals surface area contributed by atoms with Crippen molar-refractivity contribution in [2.24, 2.45) is 11.5 Å². The molecule has 1 aliphatic heterocycles. The highest BCUT2D eigenvalue weighted by Crippen LogP contribution is 2.33. The van der Waals surface area contributed by atoms with E-state index in [2.05, 4.69) is 11.0 Å². The number of anilines is 1. The summed E-state index contributed by atoms with van der Waals surface area (Å²) >= 11 is 0. The van der Waals surface area contributed by atoms with E-state index in [1.54, 1.807) is 12.1 Å². The first kappa shape index (κ1) is 20.9. The van der Waals surface area contributed by atoms with Crippen molar-refractivity contribution >= 4 is 17.6 Å². The minimum absolute atomic E-state index is 0.0227. The van der Waals surface area contributed by atoms with Crippen molar-refractivity contribution in [1.82, 2.24) is 0 Å². The molecule has 2 aromatic rings. The molecule has 1 atom stereocenters. The fourth-order valence-corrected chi connectivity index (χ4v) is 3.79. The predicted octanol–water partition coefficient (Wildman–Crippen LogP) is 2.59. The molecule has 6 nitrogen and oxygen atoms in total. The van der Waals surface area contributed by atoms with Crippen molar-refractivity contribution in [3.63, 3.8) is 0 Å². The molecule has 29 heavy (non-hydrogen) atoms. The lowest BCUT2D eigenvalue weighted by atomic mass is 9.98. The van der Waals surface area contributed by atoms with Crippen LogP contribution in [0.4, 0.5) is 5.69 Å². The quantitative estimate of drug-likeness (QED) is 0.529. The normalized spacial score (nSPS) is 13.8. The molecule has 6 heteroatoms. The van der Waals surface area contributed by atoms with E-state index < -0.39 is 5.91 Å². The van der Waals surface area contributed by atoms with Gasteiger partial charge in [0, 0.05) is 19.1 Å². The number of rotatable bonds is 8. The molecule has 2 aromatic carbocycles. The second kappa shape index (κ2) is 9.09. The number of esters is 1. The molecule has 3 rings (SSSR count). The Morgan fingerprint density at radius 3 is 2.59 bits per heavy atom. The average Bonchev–Trinajstić information content (AvgIpc) is 3.07. The van der Waals surface area contributed by atoms with Gasteiger partial charge in [-0.2, -0.15) is 0 Å². The smallest absolute Gasteiger partial charge is 0.338 e. The molecule has 1 heterocycles. The van der Waals surface area contributed by atoms with Gasteiger partial charge in [0.15, 0.2) is 0 Å². The lowest BCUT2D eigenvalue weighted by molar-refractivity contribution is 0.0502. The first-order valence-electron chi connectivity index (χ1n) is 10.0. The highest BCUT2D eigenvalue weighted by molar-refractivity contribution is 6.00. The van der Waals surface area contributed by atoms with Crippen LogP contribution in [0.1, 0.15) is 50.8 Å². The fourth-order valence-electron chi connectivity index (χ4n) is 3.79. The van der Waals surface area contributed by atoms with Crippen LogP contribution in [0.3, 0.4) is 0 Å². The highest BCUT2D eigenvalue weighted by atomic mass is 16.5. The van der Waals surface area contributed by atoms with E-state index in [0.29, 0.717) is 37.1 Å². The van der Waals surface area contributed by atoms with Gasteiger partial charge in [-0.15, -0.1) is 0 Å². The average molecular weight is 396 g/mol. The molecular weight excluding hydrogens is 366 g/mol. The number of fused-ring (bicyclic) bond motifs is 1. The third-order valence-corrected chi connectivity index (χ3v) is 5.13. The van der Waals surface area contributed by atoms with Crippen LogP contribution < -0.4 is 16.4 Å². The molecule has 4 N–H and O–H groups in total. The summed E-state index contributed by atoms with van der Waals surface area (Å²) in [7, 11) is 0. The van der Waals surface area contributed by atoms with E-state index in [0.717, 1.165) is 35.3 Å². The molecule has 0 spiro atoms. The van der Waals surface area contributed by atoms with Crippen LogP contribution in [0.5, 0.6) is 0 Å². The Labute approximate surface area is 171 Å². The van der Waals surface area contributed by atoms with Gasteiger partial charge in [0.25, 0.3) is 5.91 Å². The van der Waals surface area contributed by atoms with Gasteiger partial charge in [-0.05, 0) is 62.4 Å². The molecule has 0 bridgehead atoms. The molecule has 0 aromatic heterocycles. The molecule has 0 unspecified atom stereocenters. The topological polar surface area (TPSA) is 98.7 Å². The van der Waals surface area contributed by atoms with Crippen LogP contribution in [0.25, 0.3) is 0 Å². The molecule has 1 amide bonds. The Bertz CT molecular complexity index is 891. The molecule has 0 fully saturated rings. The fraction of sp³-hybridized carbons (Fsp3) is 0.391. The SMILES string of the molecule is Cc1ccc(C(=O)OCCCN2CCc3cc(C[C@@H](C)N)cc(C(N)=O)c32)cc1. The summed E-state index contributed by atoms with van der Waals surface area (Å²) in [6, 6.07) is 11.3. The first-order chi connectivity index (χ1) is 13.8. The molecule has 154 valence electrons. The lowest BCUT2D eigenvalue weighted by Crippen LogP contribution is -2.26. The summed E-state index contributed by atoms with van der Waals surface area (Å²) in [6.45, 7) is 5.77. The summed E-state index contributed by atoms with van der Waals surface area (Å²) in [5.74, 6) is -0.740. The van der Waals surface area contributed by atoms with Crippen molar-refractivity contribution < 1.29 is 14.3 Å². The van der Waals surface area contributed by atoms with Crippen LogP contribution in [0, 0.1) is 6.92 Å². The number of primary amides is 1. The molecular formula is C23H29N3O3. The summed E-state index contributed by atoms with van der Waals surface area (Å²) < 4.78 is 5.39. The number of hydrogen-bond acceptors (Lipinski definition) is 5. The van der Waals surface area contributed by atoms with E-state index in [1.165, 1.54) is 0 Å². The largest absolute Gasteiger partial charge is 0.462 e. The van der Waals surface area contributed by atoms with Gasteiger partial charge in [-0.25, -0.2) is 4.79 Å². The van der Waals surface area contributed by atoms with E-state index in [1.807, 2.05) is 32.0 Å². The summed E-state index contributed by atoms with van der Waals surface area (Å²) in [5, 5.41) is 0. The summed E-state index contributed by atoms with van der Waals surface area (Å²) in [6.07, 6.45) is 2.25. The van der Waals surface area contributed by atoms with Gasteiger partial charge in [0.2, 0.25) is 0 Å². The molecule has 0 aliphatic carbocycles. The maximum atomic E-state index is 12.1. The molecule has 1 aliphatic rings. The third kappa shape index (κ3) is 5.15. The van der Waals surface area contributed by atoms with Crippen LogP contribution in [0.2, 0.25) is 0 Å². The number of aryl methyl sites for hydroxylation is 1. The number of amides is 1. The van der Waals surface area contributed by atoms with Crippen LogP contribution in [-0.4, -0.2) is 37.6 Å². The second-order valence-corrected chi connectivity index (χ2v) is 7.79. The van der Waals surface area contributed by atoms with Crippen LogP contribution in [0.15, 0.2) is 36.4 Å². The van der Waals surface area contributed by atoms with Crippen LogP contribution in [-0.2, 0) is 17.6 Å². The van der Waals surface area contributed by atoms with Crippen molar-refractivity contribution in [2.45, 2.75) is 39.2 Å². The van der Waals surface area contributed by atoms with Gasteiger partial charge in [-0.3, -0.25) is 4.79 Å². The van der Waals surface area contributed by atoms with Crippen molar-refractivity contribution in [3.8, 4) is 0 Å². The van der Waals surface area contributed by atoms with Gasteiger partial charge in [0.1, 0.15) is 0 Å². The third-order valence-electron chi connectivity index (χ3n) is 5.13. The number of nitrogens with two attached hydrogens (primary N) is 2. The zero-order valence-corrected chi connectivity index (χ0v) is 17.1. The maximum absolute atomic E-state index is 12.1. The Kier molecular flexibility index (Phi) is 6.54. The van der Waals surface area contributed by atoms with Gasteiger partial charge < -0.3 is 21.1 Å². The first-order valence-corrected chi connectivity index (χ1v) is 10.0. The monoisotopic (exact) mass is 395 g/mol. The minimum Gasteiger partial charge on any atom is -0.462 e. The van der Waals surface area contributed by atoms with E-state index in [4.69, 9.17) is 16.2 Å². The summed E-state index contributed by atoms with van der Waals surface area (Å²) in [5.41, 5.74) is 16.9. The van der Waals surface area contributed by atoms with Crippen molar-refractivity contribution in [2.75, 3.05) is 24.6 Å². The summed E-state index contributed by atoms with van der Waals surface area (Å²) in [4.78, 5) is 26.3. The molecule has 0 radical (unpaired) electrons. The van der Waals surface area contributed by atoms with Gasteiger partial charge >= 0.3 is 5.97 Å². The zero-order chi connectivity index (χ0) is 21.0. The number of ether oxygens (including phenoxy) is 1. The number of nitrogens with zero attached hydrogens (tertiary/aromatic N) is 1. The number of benzene rings is 2. The van der Waals surface area contributed by atoms with Crippen molar-refractivity contribution in [3.05, 3.63) is 64.2 Å². The Balaban J connectivity index is 1.61. The second-order valence-electron chi connectivity index (χ2n) is 7.79. The number of carbonyl (C=O) groups is 2. The number of carbonyl (C=O) groups excluding carboxylic acids is 2. The Morgan fingerprint density at radius 1 is 1.21 bits per heavy atom. The van der Waals surface area contributed by atoms with E-state index in [-0.39, 0.29) is 12.0 Å². The van der Waals surface area contributed by atoms with Gasteiger partial charge in [-0.1, -0.05) is 23.8 Å². The van der Waals surface area contributed by atoms with Crippen molar-refractivity contribution in [1.29, 1.82) is 0 Å². The van der Waals surface area contributed by atoms with E-state index in [9.17, 15) is 9.59 Å². The maximum Gasteiger partial charge on any atom is 0.338 e. The van der Waals surface area contributed by atoms with E-state index >= 15 is 0 Å². The van der Waals surface area contributed by atoms with Crippen LogP contribution >= 0.6 is 0 Å². The molecule has 0 saturated heterocycles. The standard InChI is InChI=1S/C23H29N3O3/c1-15-4-6-18(7-5-15)23(28)29-11-3-9-26-10-8-19-13-17(12-16(2)24)14-20(21(19)26)22(25)27/h4-7,13-14,16H,3,8-12,24H2,1-2H3,(H2,25,27)/t16-/m1/s1. The Hall–Kier alpha value is -2.86. The molecule has 0 saturated carbocycles. The Morgan fingerprint density at radius 2 is 1.93 bits per heavy atom. The van der Waals surface area contributed by atoms with Gasteiger partial charge in [0.05, 0.1) is 23.4 Å². The highest BCUT2D eigenvalue weighted by Gasteiger charge is 2.25. The predicted molar refractivity (Wildman–Crippen MR) is 114 cm³/mol. The lowest BCUT2D eigenvalue weighted by Gasteiger charge is -2.22. The zero-order valence-electron chi connectivity index (χ0n) is 17.1. The number of hydrogen-bond donors (Lipinski definition) is 2. The minimum atomic E-state index is -0.425.